The Morgan fingerprint density at radius 1 is 1.10 bits per heavy atom. The summed E-state index contributed by atoms with van der Waals surface area (Å²) in [7, 11) is 0. The maximum absolute atomic E-state index is 5.49. The van der Waals surface area contributed by atoms with Gasteiger partial charge in [-0.15, -0.1) is 11.6 Å². The summed E-state index contributed by atoms with van der Waals surface area (Å²) in [6.07, 6.45) is 10.6. The van der Waals surface area contributed by atoms with Gasteiger partial charge in [-0.25, -0.2) is 0 Å². The number of alkyl halides is 1. The van der Waals surface area contributed by atoms with Crippen LogP contribution in [0.25, 0.3) is 0 Å². The molecule has 0 heterocycles. The Bertz CT molecular complexity index is 76.8. The summed E-state index contributed by atoms with van der Waals surface area (Å²) in [5.74, 6) is 0.754. The van der Waals surface area contributed by atoms with Crippen molar-refractivity contribution in [3.63, 3.8) is 0 Å². The minimum Gasteiger partial charge on any atom is -0.126 e. The number of allylic oxidation sites excluding steroid dienone is 2. The van der Waals surface area contributed by atoms with Gasteiger partial charge in [-0.05, 0) is 19.3 Å². The first-order valence-electron chi connectivity index (χ1n) is 4.12. The summed E-state index contributed by atoms with van der Waals surface area (Å²) in [5.41, 5.74) is 0. The predicted molar refractivity (Wildman–Crippen MR) is 48.6 cm³/mol. The molecule has 1 heteroatoms. The minimum atomic E-state index is 0.754. The molecule has 0 aromatic carbocycles. The molecule has 10 heavy (non-hydrogen) atoms. The molecule has 0 aromatic heterocycles. The monoisotopic (exact) mass is 160 g/mol. The molecular formula is C9H17Cl. The Morgan fingerprint density at radius 2 is 1.80 bits per heavy atom. The third-order valence-corrected chi connectivity index (χ3v) is 1.64. The fourth-order valence-electron chi connectivity index (χ4n) is 0.811. The van der Waals surface area contributed by atoms with E-state index >= 15 is 0 Å². The zero-order valence-corrected chi connectivity index (χ0v) is 7.53. The van der Waals surface area contributed by atoms with Gasteiger partial charge in [-0.3, -0.25) is 0 Å². The first kappa shape index (κ1) is 10.0. The smallest absolute Gasteiger partial charge is 0.0257 e. The van der Waals surface area contributed by atoms with Gasteiger partial charge < -0.3 is 0 Å². The van der Waals surface area contributed by atoms with Crippen molar-refractivity contribution in [2.24, 2.45) is 0 Å². The topological polar surface area (TPSA) is 0 Å². The molecule has 0 aliphatic heterocycles. The summed E-state index contributed by atoms with van der Waals surface area (Å²) < 4.78 is 0. The summed E-state index contributed by atoms with van der Waals surface area (Å²) in [6.45, 7) is 2.22. The van der Waals surface area contributed by atoms with Crippen LogP contribution in [-0.4, -0.2) is 5.88 Å². The summed E-state index contributed by atoms with van der Waals surface area (Å²) >= 11 is 5.49. The molecule has 0 rings (SSSR count). The number of unbranched alkanes of at least 4 members (excludes halogenated alkanes) is 3. The Kier molecular flexibility index (Phi) is 9.06. The summed E-state index contributed by atoms with van der Waals surface area (Å²) in [4.78, 5) is 0. The molecule has 0 N–H and O–H groups in total. The van der Waals surface area contributed by atoms with Crippen molar-refractivity contribution < 1.29 is 0 Å². The first-order chi connectivity index (χ1) is 4.91. The zero-order chi connectivity index (χ0) is 7.66. The van der Waals surface area contributed by atoms with E-state index in [0.29, 0.717) is 0 Å². The van der Waals surface area contributed by atoms with E-state index in [0.717, 1.165) is 12.3 Å². The molecule has 0 nitrogen and oxygen atoms in total. The van der Waals surface area contributed by atoms with Gasteiger partial charge in [0.1, 0.15) is 0 Å². The highest BCUT2D eigenvalue weighted by molar-refractivity contribution is 6.17. The van der Waals surface area contributed by atoms with Crippen molar-refractivity contribution in [2.45, 2.75) is 39.0 Å². The zero-order valence-electron chi connectivity index (χ0n) is 6.78. The molecule has 0 fully saturated rings. The first-order valence-corrected chi connectivity index (χ1v) is 4.66. The maximum atomic E-state index is 5.49. The van der Waals surface area contributed by atoms with Crippen molar-refractivity contribution in [1.29, 1.82) is 0 Å². The summed E-state index contributed by atoms with van der Waals surface area (Å²) in [6, 6.07) is 0. The lowest BCUT2D eigenvalue weighted by Gasteiger charge is -1.90. The van der Waals surface area contributed by atoms with E-state index in [1.165, 1.54) is 25.7 Å². The lowest BCUT2D eigenvalue weighted by molar-refractivity contribution is 0.728. The molecule has 0 bridgehead atoms. The Morgan fingerprint density at radius 3 is 2.40 bits per heavy atom. The lowest BCUT2D eigenvalue weighted by atomic mass is 10.2. The molecule has 0 aliphatic rings. The molecule has 0 aliphatic carbocycles. The summed E-state index contributed by atoms with van der Waals surface area (Å²) in [5, 5.41) is 0. The number of rotatable bonds is 6. The molecule has 0 aromatic rings. The highest BCUT2D eigenvalue weighted by atomic mass is 35.5. The van der Waals surface area contributed by atoms with Crippen LogP contribution in [0.5, 0.6) is 0 Å². The second kappa shape index (κ2) is 9.03. The van der Waals surface area contributed by atoms with E-state index in [1.54, 1.807) is 0 Å². The molecule has 60 valence electrons. The van der Waals surface area contributed by atoms with E-state index in [9.17, 15) is 0 Å². The third kappa shape index (κ3) is 8.03. The van der Waals surface area contributed by atoms with Gasteiger partial charge in [-0.1, -0.05) is 31.9 Å². The Balaban J connectivity index is 2.88. The highest BCUT2D eigenvalue weighted by Gasteiger charge is 1.80. The van der Waals surface area contributed by atoms with Gasteiger partial charge in [0, 0.05) is 5.88 Å². The van der Waals surface area contributed by atoms with Gasteiger partial charge in [0.25, 0.3) is 0 Å². The number of hydrogen-bond acceptors (Lipinski definition) is 0. The Hall–Kier alpha value is 0.0300. The highest BCUT2D eigenvalue weighted by Crippen LogP contribution is 2.00. The number of hydrogen-bond donors (Lipinski definition) is 0. The van der Waals surface area contributed by atoms with E-state index in [4.69, 9.17) is 11.6 Å². The second-order valence-electron chi connectivity index (χ2n) is 2.44. The van der Waals surface area contributed by atoms with Gasteiger partial charge in [0.2, 0.25) is 0 Å². The van der Waals surface area contributed by atoms with Gasteiger partial charge >= 0.3 is 0 Å². The number of halogens is 1. The normalized spacial score (nSPS) is 11.0. The lowest BCUT2D eigenvalue weighted by Crippen LogP contribution is -1.71. The van der Waals surface area contributed by atoms with Crippen LogP contribution in [0.4, 0.5) is 0 Å². The fraction of sp³-hybridized carbons (Fsp3) is 0.778. The second-order valence-corrected chi connectivity index (χ2v) is 2.82. The van der Waals surface area contributed by atoms with Crippen LogP contribution in [0.15, 0.2) is 12.2 Å². The van der Waals surface area contributed by atoms with Crippen LogP contribution in [0.2, 0.25) is 0 Å². The van der Waals surface area contributed by atoms with Crippen molar-refractivity contribution in [1.82, 2.24) is 0 Å². The fourth-order valence-corrected chi connectivity index (χ4v) is 0.937. The Labute approximate surface area is 69.3 Å². The van der Waals surface area contributed by atoms with E-state index < -0.39 is 0 Å². The average molecular weight is 161 g/mol. The van der Waals surface area contributed by atoms with Crippen molar-refractivity contribution in [3.05, 3.63) is 12.2 Å². The third-order valence-electron chi connectivity index (χ3n) is 1.42. The van der Waals surface area contributed by atoms with Crippen molar-refractivity contribution >= 4 is 11.6 Å². The molecule has 0 amide bonds. The van der Waals surface area contributed by atoms with Crippen LogP contribution in [0.3, 0.4) is 0 Å². The molecule has 0 spiro atoms. The van der Waals surface area contributed by atoms with Crippen molar-refractivity contribution in [2.75, 3.05) is 5.88 Å². The predicted octanol–water partition coefficient (Wildman–Crippen LogP) is 3.75. The van der Waals surface area contributed by atoms with Crippen molar-refractivity contribution in [3.8, 4) is 0 Å². The van der Waals surface area contributed by atoms with Crippen LogP contribution in [0.1, 0.15) is 39.0 Å². The van der Waals surface area contributed by atoms with Gasteiger partial charge in [0.05, 0.1) is 0 Å². The minimum absolute atomic E-state index is 0.754. The van der Waals surface area contributed by atoms with Crippen LogP contribution < -0.4 is 0 Å². The molecule has 0 atom stereocenters. The van der Waals surface area contributed by atoms with Crippen LogP contribution in [0, 0.1) is 0 Å². The molecular weight excluding hydrogens is 144 g/mol. The van der Waals surface area contributed by atoms with Gasteiger partial charge in [-0.2, -0.15) is 0 Å². The molecule has 0 radical (unpaired) electrons. The van der Waals surface area contributed by atoms with Crippen LogP contribution >= 0.6 is 11.6 Å². The quantitative estimate of drug-likeness (QED) is 0.316. The largest absolute Gasteiger partial charge is 0.126 e. The maximum Gasteiger partial charge on any atom is 0.0257 e. The van der Waals surface area contributed by atoms with Crippen LogP contribution in [-0.2, 0) is 0 Å². The van der Waals surface area contributed by atoms with E-state index in [2.05, 4.69) is 19.1 Å². The molecule has 0 saturated heterocycles. The van der Waals surface area contributed by atoms with Gasteiger partial charge in [0.15, 0.2) is 0 Å². The standard InChI is InChI=1S/C9H17Cl/c1-2-3-4-5-6-7-8-9-10/h6-7H,2-5,8-9H2,1H3. The average Bonchev–Trinajstić information content (AvgIpc) is 1.97. The van der Waals surface area contributed by atoms with E-state index in [1.807, 2.05) is 0 Å². The molecule has 0 saturated carbocycles. The van der Waals surface area contributed by atoms with E-state index in [-0.39, 0.29) is 0 Å². The SMILES string of the molecule is CCCCCC=CCCCl. The molecule has 0 unspecified atom stereocenters.